The molecule has 0 heterocycles. The highest BCUT2D eigenvalue weighted by Crippen LogP contribution is 2.60. The van der Waals surface area contributed by atoms with Gasteiger partial charge in [-0.15, -0.1) is 11.8 Å². The largest absolute Gasteiger partial charge is 0.297 e. The molecule has 122 valence electrons. The van der Waals surface area contributed by atoms with Crippen LogP contribution >= 0.6 is 11.8 Å². The number of benzene rings is 1. The van der Waals surface area contributed by atoms with Crippen LogP contribution in [0.5, 0.6) is 0 Å². The molecule has 0 N–H and O–H groups in total. The number of fused-ring (bicyclic) bond motifs is 2. The number of hydrogen-bond acceptors (Lipinski definition) is 4. The third-order valence-electron chi connectivity index (χ3n) is 5.59. The molecule has 2 saturated carbocycles. The summed E-state index contributed by atoms with van der Waals surface area (Å²) in [4.78, 5) is 0.243. The molecule has 2 fully saturated rings. The molecule has 1 aromatic carbocycles. The van der Waals surface area contributed by atoms with Gasteiger partial charge in [0.05, 0.1) is 4.90 Å². The van der Waals surface area contributed by atoms with Crippen molar-refractivity contribution in [1.29, 1.82) is 0 Å². The van der Waals surface area contributed by atoms with Crippen molar-refractivity contribution >= 4 is 21.9 Å². The van der Waals surface area contributed by atoms with E-state index in [-0.39, 0.29) is 10.8 Å². The molecule has 3 nitrogen and oxygen atoms in total. The van der Waals surface area contributed by atoms with Crippen LogP contribution in [0.1, 0.15) is 38.7 Å². The monoisotopic (exact) mass is 340 g/mol. The Hall–Kier alpha value is -0.520. The molecular weight excluding hydrogens is 316 g/mol. The van der Waals surface area contributed by atoms with E-state index in [4.69, 9.17) is 4.18 Å². The molecule has 0 aromatic heterocycles. The van der Waals surface area contributed by atoms with E-state index in [1.807, 2.05) is 6.92 Å². The molecule has 2 bridgehead atoms. The summed E-state index contributed by atoms with van der Waals surface area (Å²) in [7, 11) is -3.63. The van der Waals surface area contributed by atoms with Crippen molar-refractivity contribution in [2.45, 2.75) is 50.2 Å². The Bertz CT molecular complexity index is 634. The SMILES string of the molecule is Cc1ccc(S(=O)(=O)OCSC2CC3CCC2C3(C)C)cc1. The maximum atomic E-state index is 12.2. The molecule has 0 saturated heterocycles. The van der Waals surface area contributed by atoms with Crippen LogP contribution in [0.4, 0.5) is 0 Å². The minimum atomic E-state index is -3.63. The highest BCUT2D eigenvalue weighted by atomic mass is 32.2. The molecule has 3 rings (SSSR count). The molecule has 1 aromatic rings. The number of thioether (sulfide) groups is 1. The molecule has 2 aliphatic carbocycles. The summed E-state index contributed by atoms with van der Waals surface area (Å²) in [6, 6.07) is 6.80. The maximum Gasteiger partial charge on any atom is 0.297 e. The molecule has 22 heavy (non-hydrogen) atoms. The van der Waals surface area contributed by atoms with Crippen molar-refractivity contribution in [2.75, 3.05) is 5.94 Å². The van der Waals surface area contributed by atoms with Crippen LogP contribution in [0.3, 0.4) is 0 Å². The first-order valence-electron chi connectivity index (χ1n) is 7.88. The van der Waals surface area contributed by atoms with Crippen molar-refractivity contribution in [2.24, 2.45) is 17.3 Å². The standard InChI is InChI=1S/C17H24O3S2/c1-12-4-7-14(8-5-12)22(18,19)20-11-21-16-10-13-6-9-15(16)17(13,2)3/h4-5,7-8,13,15-16H,6,9-11H2,1-3H3. The third-order valence-corrected chi connectivity index (χ3v) is 8.22. The lowest BCUT2D eigenvalue weighted by molar-refractivity contribution is 0.261. The van der Waals surface area contributed by atoms with Crippen molar-refractivity contribution in [3.05, 3.63) is 29.8 Å². The zero-order valence-electron chi connectivity index (χ0n) is 13.4. The van der Waals surface area contributed by atoms with Crippen molar-refractivity contribution in [3.63, 3.8) is 0 Å². The summed E-state index contributed by atoms with van der Waals surface area (Å²) in [5, 5.41) is 0.543. The van der Waals surface area contributed by atoms with Crippen molar-refractivity contribution in [3.8, 4) is 0 Å². The molecule has 2 aliphatic rings. The first-order valence-corrected chi connectivity index (χ1v) is 10.3. The van der Waals surface area contributed by atoms with Gasteiger partial charge in [-0.2, -0.15) is 8.42 Å². The molecule has 0 radical (unpaired) electrons. The second-order valence-corrected chi connectivity index (χ2v) is 9.94. The van der Waals surface area contributed by atoms with Crippen molar-refractivity contribution < 1.29 is 12.6 Å². The molecule has 0 spiro atoms. The Kier molecular flexibility index (Phi) is 4.34. The van der Waals surface area contributed by atoms with E-state index in [9.17, 15) is 8.42 Å². The van der Waals surface area contributed by atoms with E-state index < -0.39 is 10.1 Å². The molecule has 3 unspecified atom stereocenters. The van der Waals surface area contributed by atoms with E-state index in [0.29, 0.717) is 16.6 Å². The van der Waals surface area contributed by atoms with Crippen molar-refractivity contribution in [1.82, 2.24) is 0 Å². The fourth-order valence-corrected chi connectivity index (χ4v) is 6.69. The van der Waals surface area contributed by atoms with Gasteiger partial charge in [-0.25, -0.2) is 0 Å². The van der Waals surface area contributed by atoms with Crippen LogP contribution in [-0.2, 0) is 14.3 Å². The minimum Gasteiger partial charge on any atom is -0.255 e. The normalized spacial score (nSPS) is 29.9. The Morgan fingerprint density at radius 1 is 1.23 bits per heavy atom. The summed E-state index contributed by atoms with van der Waals surface area (Å²) in [6.07, 6.45) is 3.81. The predicted octanol–water partition coefficient (Wildman–Crippen LogP) is 4.22. The van der Waals surface area contributed by atoms with Crippen LogP contribution in [0.15, 0.2) is 29.2 Å². The summed E-state index contributed by atoms with van der Waals surface area (Å²) in [6.45, 7) is 6.66. The molecule has 0 amide bonds. The first kappa shape index (κ1) is 16.3. The average molecular weight is 341 g/mol. The van der Waals surface area contributed by atoms with E-state index >= 15 is 0 Å². The zero-order chi connectivity index (χ0) is 16.0. The second kappa shape index (κ2) is 5.84. The van der Waals surface area contributed by atoms with Crippen LogP contribution in [0.25, 0.3) is 0 Å². The van der Waals surface area contributed by atoms with E-state index in [1.165, 1.54) is 19.3 Å². The third kappa shape index (κ3) is 2.95. The number of aryl methyl sites for hydroxylation is 1. The molecule has 5 heteroatoms. The van der Waals surface area contributed by atoms with Gasteiger partial charge in [0.1, 0.15) is 5.94 Å². The minimum absolute atomic E-state index is 0.222. The molecule has 0 aliphatic heterocycles. The second-order valence-electron chi connectivity index (χ2n) is 7.15. The van der Waals surface area contributed by atoms with Gasteiger partial charge in [-0.3, -0.25) is 4.18 Å². The van der Waals surface area contributed by atoms with Gasteiger partial charge in [0.25, 0.3) is 10.1 Å². The molecular formula is C17H24O3S2. The van der Waals surface area contributed by atoms with Gasteiger partial charge >= 0.3 is 0 Å². The summed E-state index contributed by atoms with van der Waals surface area (Å²) >= 11 is 1.67. The lowest BCUT2D eigenvalue weighted by atomic mass is 9.82. The molecule has 3 atom stereocenters. The van der Waals surface area contributed by atoms with Crippen LogP contribution in [0, 0.1) is 24.2 Å². The Morgan fingerprint density at radius 2 is 1.91 bits per heavy atom. The number of hydrogen-bond donors (Lipinski definition) is 0. The maximum absolute atomic E-state index is 12.2. The summed E-state index contributed by atoms with van der Waals surface area (Å²) in [5.41, 5.74) is 1.45. The Balaban J connectivity index is 1.56. The van der Waals surface area contributed by atoms with E-state index in [1.54, 1.807) is 36.0 Å². The number of rotatable bonds is 5. The first-order chi connectivity index (χ1) is 10.3. The summed E-state index contributed by atoms with van der Waals surface area (Å²) in [5.74, 6) is 1.72. The smallest absolute Gasteiger partial charge is 0.255 e. The predicted molar refractivity (Wildman–Crippen MR) is 90.3 cm³/mol. The van der Waals surface area contributed by atoms with Gasteiger partial charge in [0.2, 0.25) is 0 Å². The highest BCUT2D eigenvalue weighted by Gasteiger charge is 2.53. The fourth-order valence-electron chi connectivity index (χ4n) is 4.09. The van der Waals surface area contributed by atoms with Gasteiger partial charge in [0, 0.05) is 5.25 Å². The van der Waals surface area contributed by atoms with Gasteiger partial charge < -0.3 is 0 Å². The van der Waals surface area contributed by atoms with E-state index in [0.717, 1.165) is 11.5 Å². The van der Waals surface area contributed by atoms with Crippen LogP contribution in [-0.4, -0.2) is 19.6 Å². The van der Waals surface area contributed by atoms with Gasteiger partial charge in [0.15, 0.2) is 0 Å². The highest BCUT2D eigenvalue weighted by molar-refractivity contribution is 8.00. The lowest BCUT2D eigenvalue weighted by Gasteiger charge is -2.26. The lowest BCUT2D eigenvalue weighted by Crippen LogP contribution is -2.21. The summed E-state index contributed by atoms with van der Waals surface area (Å²) < 4.78 is 29.6. The quantitative estimate of drug-likeness (QED) is 0.595. The van der Waals surface area contributed by atoms with E-state index in [2.05, 4.69) is 13.8 Å². The van der Waals surface area contributed by atoms with Crippen LogP contribution < -0.4 is 0 Å². The van der Waals surface area contributed by atoms with Gasteiger partial charge in [-0.05, 0) is 55.6 Å². The average Bonchev–Trinajstić information content (AvgIpc) is 2.87. The van der Waals surface area contributed by atoms with Gasteiger partial charge in [-0.1, -0.05) is 31.5 Å². The zero-order valence-corrected chi connectivity index (χ0v) is 15.0. The topological polar surface area (TPSA) is 43.4 Å². The van der Waals surface area contributed by atoms with Crippen LogP contribution in [0.2, 0.25) is 0 Å². The Morgan fingerprint density at radius 3 is 2.45 bits per heavy atom. The Labute approximate surface area is 138 Å². The fraction of sp³-hybridized carbons (Fsp3) is 0.647.